The number of benzene rings is 1. The Balaban J connectivity index is 2.07. The van der Waals surface area contributed by atoms with Crippen LogP contribution in [0.15, 0.2) is 54.9 Å². The Morgan fingerprint density at radius 1 is 1.09 bits per heavy atom. The topological polar surface area (TPSA) is 92.3 Å². The van der Waals surface area contributed by atoms with E-state index in [4.69, 9.17) is 0 Å². The summed E-state index contributed by atoms with van der Waals surface area (Å²) in [7, 11) is 0. The third-order valence-corrected chi connectivity index (χ3v) is 2.77. The Bertz CT molecular complexity index is 702. The number of urea groups is 1. The number of aldehydes is 1. The van der Waals surface area contributed by atoms with E-state index in [0.29, 0.717) is 6.29 Å². The van der Waals surface area contributed by atoms with Gasteiger partial charge in [0, 0.05) is 18.5 Å². The van der Waals surface area contributed by atoms with E-state index < -0.39 is 11.9 Å². The molecule has 0 saturated carbocycles. The van der Waals surface area contributed by atoms with Crippen molar-refractivity contribution in [3.8, 4) is 0 Å². The van der Waals surface area contributed by atoms with E-state index in [1.807, 2.05) is 30.3 Å². The highest BCUT2D eigenvalue weighted by molar-refractivity contribution is 6.07. The molecule has 7 heteroatoms. The molecule has 1 heterocycles. The molecule has 0 aliphatic rings. The van der Waals surface area contributed by atoms with E-state index in [2.05, 4.69) is 15.3 Å². The summed E-state index contributed by atoms with van der Waals surface area (Å²) in [6, 6.07) is 9.94. The van der Waals surface area contributed by atoms with Gasteiger partial charge in [0.1, 0.15) is 6.29 Å². The van der Waals surface area contributed by atoms with Gasteiger partial charge in [-0.25, -0.2) is 14.8 Å². The van der Waals surface area contributed by atoms with Crippen molar-refractivity contribution in [3.63, 3.8) is 0 Å². The quantitative estimate of drug-likeness (QED) is 0.671. The summed E-state index contributed by atoms with van der Waals surface area (Å²) in [4.78, 5) is 43.3. The molecule has 0 aliphatic carbocycles. The van der Waals surface area contributed by atoms with Gasteiger partial charge in [0.15, 0.2) is 0 Å². The molecule has 1 N–H and O–H groups in total. The highest BCUT2D eigenvalue weighted by Gasteiger charge is 2.19. The van der Waals surface area contributed by atoms with E-state index in [1.165, 1.54) is 18.5 Å². The zero-order chi connectivity index (χ0) is 16.5. The second-order valence-corrected chi connectivity index (χ2v) is 4.36. The first-order valence-corrected chi connectivity index (χ1v) is 6.77. The average molecular weight is 310 g/mol. The molecule has 1 aromatic carbocycles. The molecular weight excluding hydrogens is 296 g/mol. The maximum atomic E-state index is 12.1. The van der Waals surface area contributed by atoms with Gasteiger partial charge in [0.05, 0.1) is 6.54 Å². The fourth-order valence-corrected chi connectivity index (χ4v) is 1.70. The molecule has 1 aromatic heterocycles. The van der Waals surface area contributed by atoms with Crippen LogP contribution >= 0.6 is 0 Å². The van der Waals surface area contributed by atoms with Crippen LogP contribution in [-0.2, 0) is 9.59 Å². The molecule has 0 bridgehead atoms. The normalized spacial score (nSPS) is 10.3. The van der Waals surface area contributed by atoms with Crippen LogP contribution in [0.1, 0.15) is 5.56 Å². The molecule has 2 aromatic rings. The van der Waals surface area contributed by atoms with Crippen molar-refractivity contribution in [2.75, 3.05) is 11.9 Å². The predicted molar refractivity (Wildman–Crippen MR) is 84.3 cm³/mol. The van der Waals surface area contributed by atoms with Crippen LogP contribution in [0.3, 0.4) is 0 Å². The maximum absolute atomic E-state index is 12.1. The number of imide groups is 1. The molecule has 0 atom stereocenters. The van der Waals surface area contributed by atoms with Gasteiger partial charge in [-0.1, -0.05) is 30.3 Å². The van der Waals surface area contributed by atoms with Crippen molar-refractivity contribution in [3.05, 3.63) is 60.4 Å². The van der Waals surface area contributed by atoms with Crippen molar-refractivity contribution in [1.82, 2.24) is 14.9 Å². The molecule has 0 spiro atoms. The van der Waals surface area contributed by atoms with Gasteiger partial charge in [-0.05, 0) is 17.7 Å². The Labute approximate surface area is 132 Å². The zero-order valence-electron chi connectivity index (χ0n) is 12.1. The van der Waals surface area contributed by atoms with E-state index in [-0.39, 0.29) is 12.5 Å². The minimum absolute atomic E-state index is 0.0493. The fraction of sp³-hybridized carbons (Fsp3) is 0.0625. The summed E-state index contributed by atoms with van der Waals surface area (Å²) >= 11 is 0. The molecule has 0 saturated heterocycles. The van der Waals surface area contributed by atoms with E-state index in [1.54, 1.807) is 12.1 Å². The molecule has 23 heavy (non-hydrogen) atoms. The number of rotatable bonds is 5. The number of carbonyl (C=O) groups is 3. The lowest BCUT2D eigenvalue weighted by Gasteiger charge is -2.16. The van der Waals surface area contributed by atoms with E-state index in [0.717, 1.165) is 10.5 Å². The zero-order valence-corrected chi connectivity index (χ0v) is 12.1. The highest BCUT2D eigenvalue weighted by Crippen LogP contribution is 2.04. The Kier molecular flexibility index (Phi) is 5.70. The third-order valence-electron chi connectivity index (χ3n) is 2.77. The molecule has 0 radical (unpaired) electrons. The summed E-state index contributed by atoms with van der Waals surface area (Å²) in [6.07, 6.45) is 6.16. The SMILES string of the molecule is O=CCN(C(=O)/C=C/c1ccccc1)C(=O)Nc1ncccn1. The fourth-order valence-electron chi connectivity index (χ4n) is 1.70. The molecule has 0 fully saturated rings. The van der Waals surface area contributed by atoms with Crippen molar-refractivity contribution in [1.29, 1.82) is 0 Å². The van der Waals surface area contributed by atoms with Crippen LogP contribution in [0.5, 0.6) is 0 Å². The standard InChI is InChI=1S/C16H14N4O3/c21-12-11-20(16(23)19-15-17-9-4-10-18-15)14(22)8-7-13-5-2-1-3-6-13/h1-10,12H,11H2,(H,17,18,19,23)/b8-7+. The molecule has 3 amide bonds. The lowest BCUT2D eigenvalue weighted by molar-refractivity contribution is -0.125. The van der Waals surface area contributed by atoms with Gasteiger partial charge in [0.2, 0.25) is 5.95 Å². The van der Waals surface area contributed by atoms with Crippen LogP contribution in [0.25, 0.3) is 6.08 Å². The summed E-state index contributed by atoms with van der Waals surface area (Å²) < 4.78 is 0. The molecule has 7 nitrogen and oxygen atoms in total. The summed E-state index contributed by atoms with van der Waals surface area (Å²) in [5.74, 6) is -0.567. The lowest BCUT2D eigenvalue weighted by atomic mass is 10.2. The first kappa shape index (κ1) is 16.0. The number of anilines is 1. The molecular formula is C16H14N4O3. The van der Waals surface area contributed by atoms with Gasteiger partial charge in [-0.15, -0.1) is 0 Å². The van der Waals surface area contributed by atoms with Crippen LogP contribution in [0, 0.1) is 0 Å². The average Bonchev–Trinajstić information content (AvgIpc) is 2.59. The van der Waals surface area contributed by atoms with Crippen LogP contribution in [0.4, 0.5) is 10.7 Å². The number of hydrogen-bond acceptors (Lipinski definition) is 5. The summed E-state index contributed by atoms with van der Waals surface area (Å²) in [6.45, 7) is -0.364. The lowest BCUT2D eigenvalue weighted by Crippen LogP contribution is -2.40. The first-order valence-electron chi connectivity index (χ1n) is 6.77. The maximum Gasteiger partial charge on any atom is 0.331 e. The van der Waals surface area contributed by atoms with Gasteiger partial charge in [-0.3, -0.25) is 15.0 Å². The van der Waals surface area contributed by atoms with Gasteiger partial charge in [-0.2, -0.15) is 0 Å². The Morgan fingerprint density at radius 2 is 1.78 bits per heavy atom. The smallest absolute Gasteiger partial charge is 0.301 e. The molecule has 0 unspecified atom stereocenters. The number of hydrogen-bond donors (Lipinski definition) is 1. The monoisotopic (exact) mass is 310 g/mol. The number of aromatic nitrogens is 2. The number of carbonyl (C=O) groups excluding carboxylic acids is 3. The minimum atomic E-state index is -0.772. The van der Waals surface area contributed by atoms with Gasteiger partial charge >= 0.3 is 6.03 Å². The van der Waals surface area contributed by atoms with Crippen LogP contribution in [0.2, 0.25) is 0 Å². The number of nitrogens with one attached hydrogen (secondary N) is 1. The van der Waals surface area contributed by atoms with Crippen LogP contribution in [-0.4, -0.2) is 39.6 Å². The largest absolute Gasteiger partial charge is 0.331 e. The summed E-state index contributed by atoms with van der Waals surface area (Å²) in [5.41, 5.74) is 0.804. The number of amides is 3. The highest BCUT2D eigenvalue weighted by atomic mass is 16.2. The van der Waals surface area contributed by atoms with E-state index in [9.17, 15) is 14.4 Å². The predicted octanol–water partition coefficient (Wildman–Crippen LogP) is 1.75. The van der Waals surface area contributed by atoms with Gasteiger partial charge < -0.3 is 4.79 Å². The molecule has 116 valence electrons. The van der Waals surface area contributed by atoms with E-state index >= 15 is 0 Å². The first-order chi connectivity index (χ1) is 11.2. The van der Waals surface area contributed by atoms with Crippen molar-refractivity contribution >= 4 is 30.2 Å². The Hall–Kier alpha value is -3.35. The van der Waals surface area contributed by atoms with Crippen molar-refractivity contribution in [2.45, 2.75) is 0 Å². The van der Waals surface area contributed by atoms with Crippen LogP contribution < -0.4 is 5.32 Å². The molecule has 0 aliphatic heterocycles. The molecule has 2 rings (SSSR count). The second kappa shape index (κ2) is 8.18. The second-order valence-electron chi connectivity index (χ2n) is 4.36. The van der Waals surface area contributed by atoms with Gasteiger partial charge in [0.25, 0.3) is 5.91 Å². The summed E-state index contributed by atoms with van der Waals surface area (Å²) in [5, 5.41) is 2.36. The number of nitrogens with zero attached hydrogens (tertiary/aromatic N) is 3. The van der Waals surface area contributed by atoms with Crippen molar-refractivity contribution < 1.29 is 14.4 Å². The minimum Gasteiger partial charge on any atom is -0.301 e. The Morgan fingerprint density at radius 3 is 2.43 bits per heavy atom. The third kappa shape index (κ3) is 4.85. The van der Waals surface area contributed by atoms with Crippen molar-refractivity contribution in [2.24, 2.45) is 0 Å².